The lowest BCUT2D eigenvalue weighted by molar-refractivity contribution is 0.278. The number of aromatic nitrogens is 10. The van der Waals surface area contributed by atoms with E-state index in [0.717, 1.165) is 37.7 Å². The summed E-state index contributed by atoms with van der Waals surface area (Å²) in [5, 5.41) is 24.1. The quantitative estimate of drug-likeness (QED) is 0.233. The second-order valence-corrected chi connectivity index (χ2v) is 9.86. The van der Waals surface area contributed by atoms with Gasteiger partial charge in [-0.3, -0.25) is 9.97 Å². The fourth-order valence-corrected chi connectivity index (χ4v) is 5.18. The normalized spacial score (nSPS) is 11.1. The number of anilines is 2. The highest BCUT2D eigenvalue weighted by atomic mass is 79.9. The van der Waals surface area contributed by atoms with Crippen molar-refractivity contribution < 1.29 is 14.4 Å². The third-order valence-electron chi connectivity index (χ3n) is 5.94. The van der Waals surface area contributed by atoms with Crippen LogP contribution in [0, 0.1) is 6.92 Å². The zero-order valence-electron chi connectivity index (χ0n) is 21.3. The van der Waals surface area contributed by atoms with Crippen LogP contribution in [0.4, 0.5) is 11.6 Å². The summed E-state index contributed by atoms with van der Waals surface area (Å²) in [4.78, 5) is 17.5. The minimum atomic E-state index is -0.198. The van der Waals surface area contributed by atoms with Crippen LogP contribution in [0.1, 0.15) is 25.2 Å². The van der Waals surface area contributed by atoms with Gasteiger partial charge in [-0.1, -0.05) is 0 Å². The Morgan fingerprint density at radius 1 is 0.800 bits per heavy atom. The minimum Gasteiger partial charge on any atom is -0.390 e. The number of nitrogens with zero attached hydrogens (tertiary/aromatic N) is 10. The Balaban J connectivity index is 0.000000181. The predicted molar refractivity (Wildman–Crippen MR) is 155 cm³/mol. The molecule has 0 radical (unpaired) electrons. The van der Waals surface area contributed by atoms with Crippen LogP contribution in [0.25, 0.3) is 45.1 Å². The molecule has 0 unspecified atom stereocenters. The maximum absolute atomic E-state index is 9.39. The number of aryl methyl sites for hydroxylation is 3. The zero-order chi connectivity index (χ0) is 27.8. The lowest BCUT2D eigenvalue weighted by Crippen LogP contribution is -2.00. The molecule has 0 fully saturated rings. The molecule has 0 aliphatic rings. The number of aliphatic hydroxyl groups excluding tert-OH is 1. The number of hydrogen-bond acceptors (Lipinski definition) is 13. The maximum Gasteiger partial charge on any atom is 0.199 e. The molecule has 6 rings (SSSR count). The largest absolute Gasteiger partial charge is 0.390 e. The molecule has 0 bridgehead atoms. The number of fused-ring (bicyclic) bond motifs is 2. The number of pyridine rings is 2. The van der Waals surface area contributed by atoms with E-state index in [1.54, 1.807) is 12.4 Å². The second-order valence-electron chi connectivity index (χ2n) is 8.15. The van der Waals surface area contributed by atoms with Crippen molar-refractivity contribution in [1.82, 2.24) is 49.7 Å². The zero-order valence-corrected chi connectivity index (χ0v) is 25.3. The van der Waals surface area contributed by atoms with E-state index in [-0.39, 0.29) is 30.6 Å². The fourth-order valence-electron chi connectivity index (χ4n) is 4.17. The van der Waals surface area contributed by atoms with Crippen LogP contribution in [0.5, 0.6) is 0 Å². The maximum atomic E-state index is 9.39. The van der Waals surface area contributed by atoms with Gasteiger partial charge in [-0.05, 0) is 73.3 Å². The first kappa shape index (κ1) is 29.3. The van der Waals surface area contributed by atoms with Gasteiger partial charge in [0.15, 0.2) is 34.7 Å². The van der Waals surface area contributed by atoms with Crippen molar-refractivity contribution in [1.29, 1.82) is 0 Å². The van der Waals surface area contributed by atoms with E-state index in [4.69, 9.17) is 11.5 Å². The van der Waals surface area contributed by atoms with E-state index >= 15 is 0 Å². The van der Waals surface area contributed by atoms with Gasteiger partial charge in [-0.15, -0.1) is 12.4 Å². The van der Waals surface area contributed by atoms with Gasteiger partial charge < -0.3 is 25.7 Å². The third kappa shape index (κ3) is 4.89. The molecule has 6 aromatic rings. The van der Waals surface area contributed by atoms with Crippen LogP contribution in [-0.2, 0) is 19.7 Å². The van der Waals surface area contributed by atoms with Crippen LogP contribution < -0.4 is 11.5 Å². The van der Waals surface area contributed by atoms with Gasteiger partial charge in [0.2, 0.25) is 0 Å². The van der Waals surface area contributed by atoms with Crippen molar-refractivity contribution in [3.8, 4) is 23.0 Å². The molecule has 210 valence electrons. The molecule has 15 nitrogen and oxygen atoms in total. The van der Waals surface area contributed by atoms with Crippen molar-refractivity contribution >= 4 is 78.0 Å². The standard InChI is InChI=1S/C11H11BrN6O2.C11H11BrN6O.ClH/c1-2-18-9-5(12)3-14-6(4-19)7(9)15-11(18)8-10(13)17-20-16-8;1-3-18-9-6(12)4-14-5(2)7(9)15-11(18)8-10(13)17-19-16-8;/h3,19H,2,4H2,1H3,(H2,13,17);4H,3H2,1-2H3,(H2,13,17);1H. The fraction of sp³-hybridized carbons (Fsp3) is 0.273. The summed E-state index contributed by atoms with van der Waals surface area (Å²) in [6.45, 7) is 7.08. The molecule has 40 heavy (non-hydrogen) atoms. The summed E-state index contributed by atoms with van der Waals surface area (Å²) < 4.78 is 14.9. The number of nitrogen functional groups attached to an aromatic ring is 2. The van der Waals surface area contributed by atoms with Crippen molar-refractivity contribution in [3.63, 3.8) is 0 Å². The highest BCUT2D eigenvalue weighted by Gasteiger charge is 2.22. The number of halogens is 3. The first-order valence-electron chi connectivity index (χ1n) is 11.6. The lowest BCUT2D eigenvalue weighted by atomic mass is 10.3. The highest BCUT2D eigenvalue weighted by molar-refractivity contribution is 9.11. The molecule has 6 aromatic heterocycles. The molecule has 0 aromatic carbocycles. The van der Waals surface area contributed by atoms with Gasteiger partial charge in [0.05, 0.1) is 38.0 Å². The van der Waals surface area contributed by atoms with Crippen molar-refractivity contribution in [2.75, 3.05) is 11.5 Å². The van der Waals surface area contributed by atoms with Crippen molar-refractivity contribution in [2.24, 2.45) is 0 Å². The molecule has 18 heteroatoms. The average molecular weight is 699 g/mol. The summed E-state index contributed by atoms with van der Waals surface area (Å²) in [5.74, 6) is 1.56. The molecular formula is C22H23Br2ClN12O3. The molecule has 0 spiro atoms. The van der Waals surface area contributed by atoms with E-state index < -0.39 is 0 Å². The van der Waals surface area contributed by atoms with Crippen LogP contribution in [-0.4, -0.2) is 54.8 Å². The van der Waals surface area contributed by atoms with Gasteiger partial charge >= 0.3 is 0 Å². The monoisotopic (exact) mass is 696 g/mol. The van der Waals surface area contributed by atoms with E-state index in [0.29, 0.717) is 40.8 Å². The Bertz CT molecular complexity index is 1810. The number of imidazole rings is 2. The second kappa shape index (κ2) is 11.8. The summed E-state index contributed by atoms with van der Waals surface area (Å²) in [6, 6.07) is 0. The number of nitrogens with two attached hydrogens (primary N) is 2. The third-order valence-corrected chi connectivity index (χ3v) is 7.10. The molecule has 0 saturated heterocycles. The predicted octanol–water partition coefficient (Wildman–Crippen LogP) is 3.91. The SMILES string of the molecule is CCn1c(-c2nonc2N)nc2c(C)ncc(Br)c21.CCn1c(-c2nonc2N)nc2c(CO)ncc(Br)c21.Cl. The van der Waals surface area contributed by atoms with Crippen molar-refractivity contribution in [2.45, 2.75) is 40.5 Å². The Labute approximate surface area is 249 Å². The topological polar surface area (TPSA) is 212 Å². The molecule has 6 heterocycles. The van der Waals surface area contributed by atoms with Gasteiger partial charge in [0.1, 0.15) is 11.0 Å². The number of aliphatic hydroxyl groups is 1. The molecule has 0 saturated carbocycles. The average Bonchev–Trinajstić information content (AvgIpc) is 3.71. The van der Waals surface area contributed by atoms with Gasteiger partial charge in [-0.25, -0.2) is 19.2 Å². The Kier molecular flexibility index (Phi) is 8.67. The smallest absolute Gasteiger partial charge is 0.199 e. The molecule has 5 N–H and O–H groups in total. The summed E-state index contributed by atoms with van der Waals surface area (Å²) >= 11 is 6.96. The first-order chi connectivity index (χ1) is 18.8. The summed E-state index contributed by atoms with van der Waals surface area (Å²) in [6.07, 6.45) is 3.40. The Morgan fingerprint density at radius 3 is 1.73 bits per heavy atom. The van der Waals surface area contributed by atoms with Crippen LogP contribution >= 0.6 is 44.3 Å². The summed E-state index contributed by atoms with van der Waals surface area (Å²) in [5.41, 5.74) is 16.8. The van der Waals surface area contributed by atoms with E-state index in [1.165, 1.54) is 0 Å². The van der Waals surface area contributed by atoms with Gasteiger partial charge in [0, 0.05) is 25.5 Å². The minimum absolute atomic E-state index is 0. The number of hydrogen-bond donors (Lipinski definition) is 3. The Hall–Kier alpha value is -3.67. The molecule has 0 amide bonds. The highest BCUT2D eigenvalue weighted by Crippen LogP contribution is 2.33. The van der Waals surface area contributed by atoms with E-state index in [9.17, 15) is 5.11 Å². The number of rotatable bonds is 5. The molecule has 0 atom stereocenters. The first-order valence-corrected chi connectivity index (χ1v) is 13.2. The Morgan fingerprint density at radius 2 is 1.27 bits per heavy atom. The van der Waals surface area contributed by atoms with Crippen molar-refractivity contribution in [3.05, 3.63) is 32.7 Å². The van der Waals surface area contributed by atoms with Crippen LogP contribution in [0.15, 0.2) is 30.6 Å². The molecular weight excluding hydrogens is 676 g/mol. The van der Waals surface area contributed by atoms with E-state index in [2.05, 4.69) is 81.7 Å². The van der Waals surface area contributed by atoms with E-state index in [1.807, 2.05) is 29.9 Å². The van der Waals surface area contributed by atoms with Gasteiger partial charge in [-0.2, -0.15) is 0 Å². The van der Waals surface area contributed by atoms with Crippen LogP contribution in [0.3, 0.4) is 0 Å². The van der Waals surface area contributed by atoms with Crippen LogP contribution in [0.2, 0.25) is 0 Å². The molecule has 0 aliphatic heterocycles. The molecule has 0 aliphatic carbocycles. The lowest BCUT2D eigenvalue weighted by Gasteiger charge is -2.05. The van der Waals surface area contributed by atoms with Gasteiger partial charge in [0.25, 0.3) is 0 Å². The summed E-state index contributed by atoms with van der Waals surface area (Å²) in [7, 11) is 0.